The molecular formula is C14H12BrN. The first kappa shape index (κ1) is 11.1. The minimum Gasteiger partial charge on any atom is -0.288 e. The number of rotatable bonds is 3. The number of hydrogen-bond acceptors (Lipinski definition) is 1. The quantitative estimate of drug-likeness (QED) is 0.748. The van der Waals surface area contributed by atoms with Crippen LogP contribution in [0.4, 0.5) is 0 Å². The molecule has 0 radical (unpaired) electrons. The molecule has 16 heavy (non-hydrogen) atoms. The maximum absolute atomic E-state index is 4.40. The maximum Gasteiger partial charge on any atom is 0.0639 e. The minimum absolute atomic E-state index is 0.724. The monoisotopic (exact) mass is 273 g/mol. The third-order valence-electron chi connectivity index (χ3n) is 2.23. The average molecular weight is 274 g/mol. The van der Waals surface area contributed by atoms with Crippen molar-refractivity contribution in [3.8, 4) is 0 Å². The molecule has 0 spiro atoms. The summed E-state index contributed by atoms with van der Waals surface area (Å²) in [4.78, 5) is 4.40. The molecule has 0 N–H and O–H groups in total. The molecule has 0 aliphatic heterocycles. The van der Waals surface area contributed by atoms with Crippen LogP contribution in [-0.4, -0.2) is 6.21 Å². The third kappa shape index (κ3) is 3.31. The van der Waals surface area contributed by atoms with Gasteiger partial charge in [-0.1, -0.05) is 58.4 Å². The molecular weight excluding hydrogens is 262 g/mol. The molecule has 0 aliphatic carbocycles. The van der Waals surface area contributed by atoms with Crippen LogP contribution in [0.15, 0.2) is 64.1 Å². The summed E-state index contributed by atoms with van der Waals surface area (Å²) in [5.74, 6) is 0. The first-order valence-corrected chi connectivity index (χ1v) is 5.93. The van der Waals surface area contributed by atoms with Gasteiger partial charge in [0.1, 0.15) is 0 Å². The molecule has 0 fully saturated rings. The normalized spacial score (nSPS) is 10.8. The number of halogens is 1. The Bertz CT molecular complexity index is 460. The Hall–Kier alpha value is -1.41. The molecule has 0 amide bonds. The van der Waals surface area contributed by atoms with E-state index in [2.05, 4.69) is 33.1 Å². The zero-order valence-corrected chi connectivity index (χ0v) is 10.4. The van der Waals surface area contributed by atoms with Crippen molar-refractivity contribution >= 4 is 22.1 Å². The van der Waals surface area contributed by atoms with Crippen molar-refractivity contribution in [2.45, 2.75) is 6.54 Å². The molecule has 80 valence electrons. The Morgan fingerprint density at radius 3 is 2.31 bits per heavy atom. The summed E-state index contributed by atoms with van der Waals surface area (Å²) in [6.45, 7) is 0.724. The molecule has 0 heterocycles. The second-order valence-electron chi connectivity index (χ2n) is 3.51. The zero-order valence-electron chi connectivity index (χ0n) is 8.81. The van der Waals surface area contributed by atoms with Gasteiger partial charge in [0.2, 0.25) is 0 Å². The number of aliphatic imine (C=N–C) groups is 1. The van der Waals surface area contributed by atoms with Crippen LogP contribution >= 0.6 is 15.9 Å². The Morgan fingerprint density at radius 2 is 1.62 bits per heavy atom. The summed E-state index contributed by atoms with van der Waals surface area (Å²) < 4.78 is 1.10. The van der Waals surface area contributed by atoms with Crippen molar-refractivity contribution in [1.29, 1.82) is 0 Å². The van der Waals surface area contributed by atoms with Gasteiger partial charge in [-0.05, 0) is 23.3 Å². The van der Waals surface area contributed by atoms with E-state index < -0.39 is 0 Å². The summed E-state index contributed by atoms with van der Waals surface area (Å²) in [5.41, 5.74) is 2.36. The molecule has 1 nitrogen and oxygen atoms in total. The van der Waals surface area contributed by atoms with Crippen molar-refractivity contribution in [3.05, 3.63) is 70.2 Å². The van der Waals surface area contributed by atoms with Gasteiger partial charge in [0.25, 0.3) is 0 Å². The van der Waals surface area contributed by atoms with E-state index in [0.29, 0.717) is 0 Å². The van der Waals surface area contributed by atoms with Crippen LogP contribution < -0.4 is 0 Å². The highest BCUT2D eigenvalue weighted by Gasteiger charge is 1.90. The van der Waals surface area contributed by atoms with Crippen molar-refractivity contribution in [2.75, 3.05) is 0 Å². The summed E-state index contributed by atoms with van der Waals surface area (Å²) in [7, 11) is 0. The Kier molecular flexibility index (Phi) is 3.89. The largest absolute Gasteiger partial charge is 0.288 e. The van der Waals surface area contributed by atoms with Crippen molar-refractivity contribution < 1.29 is 0 Å². The lowest BCUT2D eigenvalue weighted by Gasteiger charge is -1.96. The Labute approximate surface area is 104 Å². The van der Waals surface area contributed by atoms with Crippen LogP contribution in [0.2, 0.25) is 0 Å². The van der Waals surface area contributed by atoms with Gasteiger partial charge < -0.3 is 0 Å². The smallest absolute Gasteiger partial charge is 0.0639 e. The lowest BCUT2D eigenvalue weighted by Crippen LogP contribution is -1.83. The van der Waals surface area contributed by atoms with E-state index >= 15 is 0 Å². The summed E-state index contributed by atoms with van der Waals surface area (Å²) >= 11 is 3.41. The van der Waals surface area contributed by atoms with Gasteiger partial charge in [-0.25, -0.2) is 0 Å². The van der Waals surface area contributed by atoms with E-state index in [0.717, 1.165) is 16.6 Å². The molecule has 0 bridgehead atoms. The lowest BCUT2D eigenvalue weighted by molar-refractivity contribution is 1.08. The molecule has 2 aromatic rings. The molecule has 2 rings (SSSR count). The molecule has 0 aliphatic rings. The van der Waals surface area contributed by atoms with Crippen LogP contribution in [-0.2, 0) is 6.54 Å². The lowest BCUT2D eigenvalue weighted by atomic mass is 10.2. The highest BCUT2D eigenvalue weighted by molar-refractivity contribution is 9.10. The average Bonchev–Trinajstić information content (AvgIpc) is 2.33. The number of hydrogen-bond donors (Lipinski definition) is 0. The standard InChI is InChI=1S/C14H12BrN/c15-14-8-6-13(7-9-14)11-16-10-12-4-2-1-3-5-12/h1-10H,11H2. The fourth-order valence-corrected chi connectivity index (χ4v) is 1.65. The van der Waals surface area contributed by atoms with E-state index in [4.69, 9.17) is 0 Å². The molecule has 0 atom stereocenters. The molecule has 0 unspecified atom stereocenters. The van der Waals surface area contributed by atoms with E-state index in [1.807, 2.05) is 48.7 Å². The van der Waals surface area contributed by atoms with Gasteiger partial charge in [-0.2, -0.15) is 0 Å². The predicted molar refractivity (Wildman–Crippen MR) is 71.9 cm³/mol. The van der Waals surface area contributed by atoms with Crippen LogP contribution in [0.3, 0.4) is 0 Å². The molecule has 0 saturated heterocycles. The van der Waals surface area contributed by atoms with E-state index in [-0.39, 0.29) is 0 Å². The second kappa shape index (κ2) is 5.61. The van der Waals surface area contributed by atoms with E-state index in [1.165, 1.54) is 5.56 Å². The van der Waals surface area contributed by atoms with Gasteiger partial charge in [-0.15, -0.1) is 0 Å². The van der Waals surface area contributed by atoms with Gasteiger partial charge in [0.05, 0.1) is 6.54 Å². The highest BCUT2D eigenvalue weighted by Crippen LogP contribution is 2.11. The topological polar surface area (TPSA) is 12.4 Å². The van der Waals surface area contributed by atoms with Gasteiger partial charge in [-0.3, -0.25) is 4.99 Å². The molecule has 2 heteroatoms. The van der Waals surface area contributed by atoms with Crippen LogP contribution in [0.25, 0.3) is 0 Å². The van der Waals surface area contributed by atoms with Crippen LogP contribution in [0, 0.1) is 0 Å². The fraction of sp³-hybridized carbons (Fsp3) is 0.0714. The minimum atomic E-state index is 0.724. The number of nitrogens with zero attached hydrogens (tertiary/aromatic N) is 1. The zero-order chi connectivity index (χ0) is 11.2. The summed E-state index contributed by atoms with van der Waals surface area (Å²) in [5, 5.41) is 0. The fourth-order valence-electron chi connectivity index (χ4n) is 1.39. The van der Waals surface area contributed by atoms with Gasteiger partial charge in [0.15, 0.2) is 0 Å². The molecule has 2 aromatic carbocycles. The van der Waals surface area contributed by atoms with Crippen LogP contribution in [0.1, 0.15) is 11.1 Å². The van der Waals surface area contributed by atoms with Crippen LogP contribution in [0.5, 0.6) is 0 Å². The Morgan fingerprint density at radius 1 is 0.938 bits per heavy atom. The third-order valence-corrected chi connectivity index (χ3v) is 2.76. The molecule has 0 saturated carbocycles. The maximum atomic E-state index is 4.40. The van der Waals surface area contributed by atoms with Crippen molar-refractivity contribution in [2.24, 2.45) is 4.99 Å². The second-order valence-corrected chi connectivity index (χ2v) is 4.42. The SMILES string of the molecule is Brc1ccc(CN=Cc2ccccc2)cc1. The predicted octanol–water partition coefficient (Wildman–Crippen LogP) is 4.07. The first-order valence-electron chi connectivity index (χ1n) is 5.14. The highest BCUT2D eigenvalue weighted by atomic mass is 79.9. The van der Waals surface area contributed by atoms with Gasteiger partial charge in [0, 0.05) is 10.7 Å². The Balaban J connectivity index is 1.97. The van der Waals surface area contributed by atoms with E-state index in [1.54, 1.807) is 0 Å². The van der Waals surface area contributed by atoms with E-state index in [9.17, 15) is 0 Å². The van der Waals surface area contributed by atoms with Crippen molar-refractivity contribution in [1.82, 2.24) is 0 Å². The van der Waals surface area contributed by atoms with Crippen molar-refractivity contribution in [3.63, 3.8) is 0 Å². The summed E-state index contributed by atoms with van der Waals surface area (Å²) in [6.07, 6.45) is 1.90. The first-order chi connectivity index (χ1) is 7.84. The van der Waals surface area contributed by atoms with Gasteiger partial charge >= 0.3 is 0 Å². The molecule has 0 aromatic heterocycles. The summed E-state index contributed by atoms with van der Waals surface area (Å²) in [6, 6.07) is 18.4. The number of benzene rings is 2.